The highest BCUT2D eigenvalue weighted by molar-refractivity contribution is 7.11. The van der Waals surface area contributed by atoms with Crippen LogP contribution in [0.2, 0.25) is 0 Å². The largest absolute Gasteiger partial charge is 0.381 e. The highest BCUT2D eigenvalue weighted by Gasteiger charge is 1.99. The first-order chi connectivity index (χ1) is 8.22. The number of thiazole rings is 1. The second kappa shape index (κ2) is 8.61. The minimum atomic E-state index is 0.632. The first-order valence-electron chi connectivity index (χ1n) is 6.44. The van der Waals surface area contributed by atoms with Gasteiger partial charge < -0.3 is 10.1 Å². The number of aryl methyl sites for hydroxylation is 1. The molecular weight excluding hydrogens is 232 g/mol. The summed E-state index contributed by atoms with van der Waals surface area (Å²) in [5, 5.41) is 4.64. The van der Waals surface area contributed by atoms with Crippen LogP contribution in [0.15, 0.2) is 6.20 Å². The van der Waals surface area contributed by atoms with E-state index in [1.807, 2.05) is 6.20 Å². The number of nitrogens with one attached hydrogen (secondary N) is 1. The van der Waals surface area contributed by atoms with Crippen LogP contribution in [0.3, 0.4) is 0 Å². The summed E-state index contributed by atoms with van der Waals surface area (Å²) >= 11 is 1.80. The summed E-state index contributed by atoms with van der Waals surface area (Å²) in [6.45, 7) is 10.2. The Kier molecular flexibility index (Phi) is 7.40. The molecule has 1 heterocycles. The van der Waals surface area contributed by atoms with Crippen LogP contribution in [0.1, 0.15) is 37.1 Å². The molecule has 98 valence electrons. The zero-order chi connectivity index (χ0) is 12.5. The van der Waals surface area contributed by atoms with E-state index in [0.29, 0.717) is 5.92 Å². The van der Waals surface area contributed by atoms with E-state index in [2.05, 4.69) is 31.1 Å². The molecule has 0 amide bonds. The lowest BCUT2D eigenvalue weighted by Gasteiger charge is -2.06. The standard InChI is InChI=1S/C13H24N2OS/c1-4-13-15-9-12(17-13)8-14-6-5-7-16-10-11(2)3/h9,11,14H,4-8,10H2,1-3H3. The van der Waals surface area contributed by atoms with Crippen LogP contribution in [0.25, 0.3) is 0 Å². The molecule has 0 saturated carbocycles. The molecule has 1 aromatic rings. The Morgan fingerprint density at radius 2 is 2.29 bits per heavy atom. The van der Waals surface area contributed by atoms with Gasteiger partial charge >= 0.3 is 0 Å². The fraction of sp³-hybridized carbons (Fsp3) is 0.769. The topological polar surface area (TPSA) is 34.2 Å². The number of aromatic nitrogens is 1. The van der Waals surface area contributed by atoms with Gasteiger partial charge in [0.05, 0.1) is 5.01 Å². The number of nitrogens with zero attached hydrogens (tertiary/aromatic N) is 1. The maximum Gasteiger partial charge on any atom is 0.0925 e. The van der Waals surface area contributed by atoms with Crippen molar-refractivity contribution in [3.8, 4) is 0 Å². The summed E-state index contributed by atoms with van der Waals surface area (Å²) in [5.41, 5.74) is 0. The minimum absolute atomic E-state index is 0.632. The predicted octanol–water partition coefficient (Wildman–Crippen LogP) is 2.86. The van der Waals surface area contributed by atoms with E-state index in [4.69, 9.17) is 4.74 Å². The molecule has 0 saturated heterocycles. The summed E-state index contributed by atoms with van der Waals surface area (Å²) in [7, 11) is 0. The molecule has 0 atom stereocenters. The van der Waals surface area contributed by atoms with Crippen molar-refractivity contribution in [1.29, 1.82) is 0 Å². The molecule has 0 aliphatic heterocycles. The van der Waals surface area contributed by atoms with Gasteiger partial charge in [-0.2, -0.15) is 0 Å². The molecule has 1 rings (SSSR count). The van der Waals surface area contributed by atoms with Crippen molar-refractivity contribution in [1.82, 2.24) is 10.3 Å². The minimum Gasteiger partial charge on any atom is -0.381 e. The van der Waals surface area contributed by atoms with Crippen LogP contribution in [0.5, 0.6) is 0 Å². The van der Waals surface area contributed by atoms with E-state index < -0.39 is 0 Å². The Morgan fingerprint density at radius 1 is 1.47 bits per heavy atom. The fourth-order valence-electron chi connectivity index (χ4n) is 1.42. The molecule has 1 aromatic heterocycles. The Hall–Kier alpha value is -0.450. The van der Waals surface area contributed by atoms with Crippen LogP contribution in [-0.4, -0.2) is 24.7 Å². The van der Waals surface area contributed by atoms with Crippen molar-refractivity contribution >= 4 is 11.3 Å². The van der Waals surface area contributed by atoms with Crippen LogP contribution in [-0.2, 0) is 17.7 Å². The van der Waals surface area contributed by atoms with Crippen molar-refractivity contribution in [3.05, 3.63) is 16.1 Å². The lowest BCUT2D eigenvalue weighted by Crippen LogP contribution is -2.16. The van der Waals surface area contributed by atoms with Crippen LogP contribution >= 0.6 is 11.3 Å². The maximum atomic E-state index is 5.52. The summed E-state index contributed by atoms with van der Waals surface area (Å²) in [4.78, 5) is 5.66. The van der Waals surface area contributed by atoms with Gasteiger partial charge in [0.25, 0.3) is 0 Å². The Labute approximate surface area is 109 Å². The van der Waals surface area contributed by atoms with Gasteiger partial charge in [0.2, 0.25) is 0 Å². The molecule has 0 bridgehead atoms. The van der Waals surface area contributed by atoms with Crippen molar-refractivity contribution in [2.24, 2.45) is 5.92 Å². The quantitative estimate of drug-likeness (QED) is 0.690. The number of rotatable bonds is 9. The molecule has 0 fully saturated rings. The van der Waals surface area contributed by atoms with E-state index in [1.165, 1.54) is 9.88 Å². The summed E-state index contributed by atoms with van der Waals surface area (Å²) < 4.78 is 5.52. The van der Waals surface area contributed by atoms with E-state index in [9.17, 15) is 0 Å². The molecule has 0 aromatic carbocycles. The second-order valence-electron chi connectivity index (χ2n) is 4.57. The maximum absolute atomic E-state index is 5.52. The highest BCUT2D eigenvalue weighted by atomic mass is 32.1. The van der Waals surface area contributed by atoms with Crippen molar-refractivity contribution in [2.45, 2.75) is 40.2 Å². The van der Waals surface area contributed by atoms with Crippen LogP contribution in [0, 0.1) is 5.92 Å². The average Bonchev–Trinajstić information content (AvgIpc) is 2.75. The van der Waals surface area contributed by atoms with Crippen molar-refractivity contribution in [2.75, 3.05) is 19.8 Å². The Bertz CT molecular complexity index is 299. The fourth-order valence-corrected chi connectivity index (χ4v) is 2.26. The zero-order valence-corrected chi connectivity index (χ0v) is 12.0. The van der Waals surface area contributed by atoms with Gasteiger partial charge in [-0.15, -0.1) is 11.3 Å². The average molecular weight is 256 g/mol. The first-order valence-corrected chi connectivity index (χ1v) is 7.26. The van der Waals surface area contributed by atoms with E-state index in [0.717, 1.165) is 39.1 Å². The summed E-state index contributed by atoms with van der Waals surface area (Å²) in [5.74, 6) is 0.632. The van der Waals surface area contributed by atoms with Crippen LogP contribution in [0.4, 0.5) is 0 Å². The molecule has 3 nitrogen and oxygen atoms in total. The first kappa shape index (κ1) is 14.6. The third-order valence-corrected chi connectivity index (χ3v) is 3.44. The summed E-state index contributed by atoms with van der Waals surface area (Å²) in [6, 6.07) is 0. The molecule has 0 aliphatic carbocycles. The highest BCUT2D eigenvalue weighted by Crippen LogP contribution is 2.12. The monoisotopic (exact) mass is 256 g/mol. The van der Waals surface area contributed by atoms with E-state index in [1.54, 1.807) is 11.3 Å². The molecule has 0 radical (unpaired) electrons. The van der Waals surface area contributed by atoms with Gasteiger partial charge in [0.15, 0.2) is 0 Å². The zero-order valence-electron chi connectivity index (χ0n) is 11.2. The molecule has 1 N–H and O–H groups in total. The Balaban J connectivity index is 1.97. The predicted molar refractivity (Wildman–Crippen MR) is 73.5 cm³/mol. The van der Waals surface area contributed by atoms with E-state index >= 15 is 0 Å². The number of ether oxygens (including phenoxy) is 1. The summed E-state index contributed by atoms with van der Waals surface area (Å²) in [6.07, 6.45) is 4.09. The number of hydrogen-bond acceptors (Lipinski definition) is 4. The van der Waals surface area contributed by atoms with Gasteiger partial charge in [0, 0.05) is 30.8 Å². The third kappa shape index (κ3) is 6.76. The molecule has 0 spiro atoms. The van der Waals surface area contributed by atoms with Gasteiger partial charge in [-0.05, 0) is 25.3 Å². The SMILES string of the molecule is CCc1ncc(CNCCCOCC(C)C)s1. The van der Waals surface area contributed by atoms with Gasteiger partial charge in [-0.3, -0.25) is 0 Å². The molecule has 17 heavy (non-hydrogen) atoms. The molecule has 0 unspecified atom stereocenters. The van der Waals surface area contributed by atoms with E-state index in [-0.39, 0.29) is 0 Å². The normalized spacial score (nSPS) is 11.3. The third-order valence-electron chi connectivity index (χ3n) is 2.30. The molecule has 0 aliphatic rings. The molecular formula is C13H24N2OS. The van der Waals surface area contributed by atoms with Crippen molar-refractivity contribution < 1.29 is 4.74 Å². The molecule has 4 heteroatoms. The Morgan fingerprint density at radius 3 is 2.94 bits per heavy atom. The number of hydrogen-bond donors (Lipinski definition) is 1. The smallest absolute Gasteiger partial charge is 0.0925 e. The van der Waals surface area contributed by atoms with Crippen LogP contribution < -0.4 is 5.32 Å². The van der Waals surface area contributed by atoms with Gasteiger partial charge in [0.1, 0.15) is 0 Å². The lowest BCUT2D eigenvalue weighted by atomic mass is 10.2. The lowest BCUT2D eigenvalue weighted by molar-refractivity contribution is 0.108. The van der Waals surface area contributed by atoms with Gasteiger partial charge in [-0.1, -0.05) is 20.8 Å². The van der Waals surface area contributed by atoms with Crippen molar-refractivity contribution in [3.63, 3.8) is 0 Å². The second-order valence-corrected chi connectivity index (χ2v) is 5.77. The van der Waals surface area contributed by atoms with Gasteiger partial charge in [-0.25, -0.2) is 4.98 Å².